The third-order valence-electron chi connectivity index (χ3n) is 6.79. The van der Waals surface area contributed by atoms with Crippen molar-refractivity contribution in [3.63, 3.8) is 0 Å². The molecule has 1 heterocycles. The standard InChI is InChI=1S/C31H25F3N2O/c32-31(33,34)28-11-5-10-27-29(28)35-36(19-21-6-2-1-3-7-21)30(27)25-8-4-9-26(18-25)37-20-22-12-14-23(15-13-22)24-16-17-24/h1-15,18,24H,16-17,19-20H2. The first-order valence-electron chi connectivity index (χ1n) is 12.4. The fraction of sp³-hybridized carbons (Fsp3) is 0.194. The zero-order chi connectivity index (χ0) is 25.4. The zero-order valence-corrected chi connectivity index (χ0v) is 20.1. The summed E-state index contributed by atoms with van der Waals surface area (Å²) in [6.45, 7) is 0.761. The first-order chi connectivity index (χ1) is 18.0. The molecule has 0 radical (unpaired) electrons. The summed E-state index contributed by atoms with van der Waals surface area (Å²) in [4.78, 5) is 0. The Morgan fingerprint density at radius 1 is 0.811 bits per heavy atom. The smallest absolute Gasteiger partial charge is 0.418 e. The van der Waals surface area contributed by atoms with Gasteiger partial charge in [-0.3, -0.25) is 4.68 Å². The molecule has 4 aromatic carbocycles. The van der Waals surface area contributed by atoms with Crippen LogP contribution in [0.25, 0.3) is 22.2 Å². The number of fused-ring (bicyclic) bond motifs is 1. The van der Waals surface area contributed by atoms with Crippen LogP contribution in [0.2, 0.25) is 0 Å². The Morgan fingerprint density at radius 3 is 2.30 bits per heavy atom. The third-order valence-corrected chi connectivity index (χ3v) is 6.79. The van der Waals surface area contributed by atoms with Crippen LogP contribution in [-0.2, 0) is 19.3 Å². The summed E-state index contributed by atoms with van der Waals surface area (Å²) in [7, 11) is 0. The van der Waals surface area contributed by atoms with Crippen LogP contribution in [0.5, 0.6) is 5.75 Å². The summed E-state index contributed by atoms with van der Waals surface area (Å²) >= 11 is 0. The molecule has 1 aliphatic rings. The van der Waals surface area contributed by atoms with E-state index in [2.05, 4.69) is 29.4 Å². The van der Waals surface area contributed by atoms with Gasteiger partial charge >= 0.3 is 6.18 Å². The van der Waals surface area contributed by atoms with Gasteiger partial charge in [-0.15, -0.1) is 0 Å². The second-order valence-corrected chi connectivity index (χ2v) is 9.52. The number of ether oxygens (including phenoxy) is 1. The number of benzene rings is 4. The maximum atomic E-state index is 13.8. The van der Waals surface area contributed by atoms with Crippen molar-refractivity contribution in [1.29, 1.82) is 0 Å². The van der Waals surface area contributed by atoms with Crippen LogP contribution in [0.1, 0.15) is 41.0 Å². The van der Waals surface area contributed by atoms with E-state index < -0.39 is 11.7 Å². The van der Waals surface area contributed by atoms with E-state index in [9.17, 15) is 13.2 Å². The molecular formula is C31H25F3N2O. The average molecular weight is 499 g/mol. The van der Waals surface area contributed by atoms with Gasteiger partial charge in [0.05, 0.1) is 17.8 Å². The lowest BCUT2D eigenvalue weighted by Crippen LogP contribution is -2.06. The van der Waals surface area contributed by atoms with Crippen LogP contribution in [0.3, 0.4) is 0 Å². The summed E-state index contributed by atoms with van der Waals surface area (Å²) in [6, 6.07) is 29.8. The zero-order valence-electron chi connectivity index (χ0n) is 20.1. The Morgan fingerprint density at radius 2 is 1.57 bits per heavy atom. The molecule has 0 spiro atoms. The highest BCUT2D eigenvalue weighted by atomic mass is 19.4. The van der Waals surface area contributed by atoms with Crippen molar-refractivity contribution in [2.75, 3.05) is 0 Å². The predicted octanol–water partition coefficient (Wildman–Crippen LogP) is 8.23. The summed E-state index contributed by atoms with van der Waals surface area (Å²) in [5.41, 5.74) is 3.99. The van der Waals surface area contributed by atoms with Gasteiger partial charge in [0.1, 0.15) is 17.9 Å². The van der Waals surface area contributed by atoms with Gasteiger partial charge in [-0.2, -0.15) is 18.3 Å². The van der Waals surface area contributed by atoms with Crippen molar-refractivity contribution >= 4 is 10.9 Å². The lowest BCUT2D eigenvalue weighted by Gasteiger charge is -2.11. The van der Waals surface area contributed by atoms with Crippen molar-refractivity contribution in [3.05, 3.63) is 119 Å². The number of hydrogen-bond donors (Lipinski definition) is 0. The molecule has 186 valence electrons. The molecule has 0 amide bonds. The van der Waals surface area contributed by atoms with E-state index in [0.717, 1.165) is 22.8 Å². The lowest BCUT2D eigenvalue weighted by atomic mass is 10.0. The summed E-state index contributed by atoms with van der Waals surface area (Å²) < 4.78 is 49.2. The molecule has 6 heteroatoms. The molecule has 1 saturated carbocycles. The molecule has 1 aromatic heterocycles. The normalized spacial score (nSPS) is 13.7. The quantitative estimate of drug-likeness (QED) is 0.226. The van der Waals surface area contributed by atoms with E-state index in [4.69, 9.17) is 4.74 Å². The Bertz CT molecular complexity index is 1540. The highest BCUT2D eigenvalue weighted by Crippen LogP contribution is 2.40. The van der Waals surface area contributed by atoms with Gasteiger partial charge in [-0.1, -0.05) is 78.9 Å². The molecule has 0 aliphatic heterocycles. The van der Waals surface area contributed by atoms with E-state index in [1.165, 1.54) is 24.5 Å². The van der Waals surface area contributed by atoms with Crippen molar-refractivity contribution in [1.82, 2.24) is 9.78 Å². The lowest BCUT2D eigenvalue weighted by molar-refractivity contribution is -0.136. The highest BCUT2D eigenvalue weighted by molar-refractivity contribution is 5.95. The van der Waals surface area contributed by atoms with Crippen LogP contribution < -0.4 is 4.74 Å². The number of halogens is 3. The summed E-state index contributed by atoms with van der Waals surface area (Å²) in [5.74, 6) is 1.36. The molecule has 0 saturated heterocycles. The van der Waals surface area contributed by atoms with Gasteiger partial charge in [0.25, 0.3) is 0 Å². The molecule has 37 heavy (non-hydrogen) atoms. The fourth-order valence-corrected chi connectivity index (χ4v) is 4.76. The van der Waals surface area contributed by atoms with E-state index >= 15 is 0 Å². The number of nitrogens with zero attached hydrogens (tertiary/aromatic N) is 2. The molecule has 1 fully saturated rings. The number of hydrogen-bond acceptors (Lipinski definition) is 2. The van der Waals surface area contributed by atoms with Crippen molar-refractivity contribution < 1.29 is 17.9 Å². The van der Waals surface area contributed by atoms with E-state index in [1.54, 1.807) is 10.7 Å². The second-order valence-electron chi connectivity index (χ2n) is 9.52. The van der Waals surface area contributed by atoms with Crippen molar-refractivity contribution in [2.45, 2.75) is 38.1 Å². The van der Waals surface area contributed by atoms with E-state index in [1.807, 2.05) is 54.6 Å². The number of aromatic nitrogens is 2. The Labute approximate surface area is 213 Å². The summed E-state index contributed by atoms with van der Waals surface area (Å²) in [5, 5.41) is 4.91. The topological polar surface area (TPSA) is 27.1 Å². The Hall–Kier alpha value is -4.06. The maximum absolute atomic E-state index is 13.8. The molecule has 6 rings (SSSR count). The van der Waals surface area contributed by atoms with Crippen LogP contribution in [0.15, 0.2) is 97.1 Å². The third kappa shape index (κ3) is 4.96. The minimum absolute atomic E-state index is 0.0528. The largest absolute Gasteiger partial charge is 0.489 e. The minimum atomic E-state index is -4.50. The molecular weight excluding hydrogens is 473 g/mol. The van der Waals surface area contributed by atoms with E-state index in [-0.39, 0.29) is 5.52 Å². The van der Waals surface area contributed by atoms with Crippen LogP contribution in [-0.4, -0.2) is 9.78 Å². The number of rotatable bonds is 7. The van der Waals surface area contributed by atoms with Crippen molar-refractivity contribution in [3.8, 4) is 17.0 Å². The van der Waals surface area contributed by atoms with Gasteiger partial charge in [-0.25, -0.2) is 0 Å². The van der Waals surface area contributed by atoms with Gasteiger partial charge in [0.2, 0.25) is 0 Å². The van der Waals surface area contributed by atoms with Gasteiger partial charge in [0.15, 0.2) is 0 Å². The first-order valence-corrected chi connectivity index (χ1v) is 12.4. The Kier molecular flexibility index (Phi) is 5.95. The van der Waals surface area contributed by atoms with Gasteiger partial charge in [0, 0.05) is 10.9 Å². The monoisotopic (exact) mass is 498 g/mol. The van der Waals surface area contributed by atoms with Crippen molar-refractivity contribution in [2.24, 2.45) is 0 Å². The predicted molar refractivity (Wildman–Crippen MR) is 138 cm³/mol. The van der Waals surface area contributed by atoms with Crippen LogP contribution in [0.4, 0.5) is 13.2 Å². The molecule has 0 atom stereocenters. The van der Waals surface area contributed by atoms with Gasteiger partial charge < -0.3 is 4.74 Å². The molecule has 5 aromatic rings. The number of alkyl halides is 3. The summed E-state index contributed by atoms with van der Waals surface area (Å²) in [6.07, 6.45) is -1.96. The van der Waals surface area contributed by atoms with Gasteiger partial charge in [-0.05, 0) is 53.6 Å². The average Bonchev–Trinajstić information content (AvgIpc) is 3.69. The molecule has 3 nitrogen and oxygen atoms in total. The molecule has 0 unspecified atom stereocenters. The maximum Gasteiger partial charge on any atom is 0.418 e. The first kappa shape index (κ1) is 23.3. The molecule has 1 aliphatic carbocycles. The second kappa shape index (κ2) is 9.43. The fourth-order valence-electron chi connectivity index (χ4n) is 4.76. The Balaban J connectivity index is 1.35. The highest BCUT2D eigenvalue weighted by Gasteiger charge is 2.34. The van der Waals surface area contributed by atoms with Crippen LogP contribution in [0, 0.1) is 0 Å². The molecule has 0 N–H and O–H groups in total. The minimum Gasteiger partial charge on any atom is -0.489 e. The SMILES string of the molecule is FC(F)(F)c1cccc2c(-c3cccc(OCc4ccc(C5CC5)cc4)c3)n(Cc3ccccc3)nc12. The van der Waals surface area contributed by atoms with Crippen LogP contribution >= 0.6 is 0 Å². The molecule has 0 bridgehead atoms. The van der Waals surface area contributed by atoms with E-state index in [0.29, 0.717) is 35.9 Å².